The predicted octanol–water partition coefficient (Wildman–Crippen LogP) is 2.47. The molecular formula is C14H13N3O3. The predicted molar refractivity (Wildman–Crippen MR) is 71.4 cm³/mol. The van der Waals surface area contributed by atoms with E-state index in [1.165, 1.54) is 6.26 Å². The number of hydrogen-bond donors (Lipinski definition) is 0. The maximum Gasteiger partial charge on any atom is 0.342 e. The second-order valence-electron chi connectivity index (χ2n) is 4.22. The van der Waals surface area contributed by atoms with Gasteiger partial charge in [-0.05, 0) is 26.0 Å². The van der Waals surface area contributed by atoms with Gasteiger partial charge >= 0.3 is 5.97 Å². The number of fused-ring (bicyclic) bond motifs is 1. The van der Waals surface area contributed by atoms with Crippen molar-refractivity contribution in [3.8, 4) is 11.5 Å². The fraction of sp³-hybridized carbons (Fsp3) is 0.214. The molecule has 0 aliphatic heterocycles. The summed E-state index contributed by atoms with van der Waals surface area (Å²) in [6, 6.07) is 3.50. The van der Waals surface area contributed by atoms with E-state index in [4.69, 9.17) is 9.15 Å². The molecule has 6 nitrogen and oxygen atoms in total. The first kappa shape index (κ1) is 12.4. The van der Waals surface area contributed by atoms with Crippen molar-refractivity contribution in [2.24, 2.45) is 0 Å². The van der Waals surface area contributed by atoms with Crippen molar-refractivity contribution in [3.63, 3.8) is 0 Å². The average molecular weight is 271 g/mol. The van der Waals surface area contributed by atoms with Crippen LogP contribution in [0.5, 0.6) is 0 Å². The zero-order chi connectivity index (χ0) is 14.1. The summed E-state index contributed by atoms with van der Waals surface area (Å²) in [6.07, 6.45) is 4.93. The number of aromatic nitrogens is 3. The number of ether oxygens (including phenoxy) is 1. The van der Waals surface area contributed by atoms with Crippen molar-refractivity contribution < 1.29 is 13.9 Å². The molecule has 102 valence electrons. The number of imidazole rings is 1. The van der Waals surface area contributed by atoms with E-state index < -0.39 is 5.97 Å². The standard InChI is InChI=1S/C14H13N3O3/c1-3-19-13(18)11-9(2)17-7-6-15-14(17)16-12(11)10-5-4-8-20-10/h4-8H,3H2,1-2H3. The second kappa shape index (κ2) is 4.80. The van der Waals surface area contributed by atoms with E-state index in [1.54, 1.807) is 35.9 Å². The van der Waals surface area contributed by atoms with Crippen molar-refractivity contribution in [2.45, 2.75) is 13.8 Å². The van der Waals surface area contributed by atoms with E-state index in [1.807, 2.05) is 6.92 Å². The van der Waals surface area contributed by atoms with Crippen molar-refractivity contribution in [2.75, 3.05) is 6.61 Å². The SMILES string of the molecule is CCOC(=O)c1c(-c2ccco2)nc2nccn2c1C. The number of carbonyl (C=O) groups excluding carboxylic acids is 1. The minimum Gasteiger partial charge on any atom is -0.463 e. The van der Waals surface area contributed by atoms with Crippen LogP contribution in [0, 0.1) is 6.92 Å². The Morgan fingerprint density at radius 2 is 2.35 bits per heavy atom. The number of carbonyl (C=O) groups is 1. The third-order valence-corrected chi connectivity index (χ3v) is 3.03. The molecule has 0 aliphatic rings. The minimum absolute atomic E-state index is 0.303. The lowest BCUT2D eigenvalue weighted by Gasteiger charge is -2.11. The molecule has 0 bridgehead atoms. The normalized spacial score (nSPS) is 10.9. The maximum atomic E-state index is 12.2. The first-order chi connectivity index (χ1) is 9.72. The fourth-order valence-corrected chi connectivity index (χ4v) is 2.13. The summed E-state index contributed by atoms with van der Waals surface area (Å²) in [5.74, 6) is 0.614. The Kier molecular flexibility index (Phi) is 2.98. The van der Waals surface area contributed by atoms with Gasteiger partial charge in [0.15, 0.2) is 5.76 Å². The minimum atomic E-state index is -0.417. The molecule has 0 spiro atoms. The van der Waals surface area contributed by atoms with Crippen LogP contribution in [0.3, 0.4) is 0 Å². The van der Waals surface area contributed by atoms with Crippen molar-refractivity contribution >= 4 is 11.7 Å². The highest BCUT2D eigenvalue weighted by molar-refractivity contribution is 5.97. The van der Waals surface area contributed by atoms with E-state index in [-0.39, 0.29) is 0 Å². The number of nitrogens with zero attached hydrogens (tertiary/aromatic N) is 3. The van der Waals surface area contributed by atoms with Crippen LogP contribution in [0.1, 0.15) is 23.0 Å². The quantitative estimate of drug-likeness (QED) is 0.684. The largest absolute Gasteiger partial charge is 0.463 e. The van der Waals surface area contributed by atoms with Crippen molar-refractivity contribution in [3.05, 3.63) is 42.0 Å². The first-order valence-electron chi connectivity index (χ1n) is 6.27. The number of aryl methyl sites for hydroxylation is 1. The van der Waals surface area contributed by atoms with E-state index in [0.29, 0.717) is 29.4 Å². The third-order valence-electron chi connectivity index (χ3n) is 3.03. The van der Waals surface area contributed by atoms with Crippen LogP contribution in [-0.2, 0) is 4.74 Å². The summed E-state index contributed by atoms with van der Waals surface area (Å²) < 4.78 is 12.2. The van der Waals surface area contributed by atoms with Crippen LogP contribution in [0.2, 0.25) is 0 Å². The molecule has 0 unspecified atom stereocenters. The Labute approximate surface area is 115 Å². The van der Waals surface area contributed by atoms with Crippen LogP contribution < -0.4 is 0 Å². The Hall–Kier alpha value is -2.63. The van der Waals surface area contributed by atoms with Crippen LogP contribution in [0.25, 0.3) is 17.2 Å². The first-order valence-corrected chi connectivity index (χ1v) is 6.27. The highest BCUT2D eigenvalue weighted by Gasteiger charge is 2.23. The van der Waals surface area contributed by atoms with Gasteiger partial charge in [0.25, 0.3) is 0 Å². The van der Waals surface area contributed by atoms with Crippen LogP contribution in [0.4, 0.5) is 0 Å². The van der Waals surface area contributed by atoms with Gasteiger partial charge in [0.2, 0.25) is 5.78 Å². The molecular weight excluding hydrogens is 258 g/mol. The van der Waals surface area contributed by atoms with Crippen LogP contribution in [0.15, 0.2) is 35.2 Å². The second-order valence-corrected chi connectivity index (χ2v) is 4.22. The molecule has 0 aromatic carbocycles. The Morgan fingerprint density at radius 1 is 1.50 bits per heavy atom. The molecule has 3 aromatic heterocycles. The molecule has 0 saturated heterocycles. The van der Waals surface area contributed by atoms with Gasteiger partial charge in [0.05, 0.1) is 12.9 Å². The maximum absolute atomic E-state index is 12.2. The topological polar surface area (TPSA) is 69.6 Å². The summed E-state index contributed by atoms with van der Waals surface area (Å²) in [6.45, 7) is 3.90. The van der Waals surface area contributed by atoms with E-state index >= 15 is 0 Å². The lowest BCUT2D eigenvalue weighted by molar-refractivity contribution is 0.0525. The van der Waals surface area contributed by atoms with Crippen molar-refractivity contribution in [1.29, 1.82) is 0 Å². The van der Waals surface area contributed by atoms with Gasteiger partial charge in [-0.2, -0.15) is 0 Å². The summed E-state index contributed by atoms with van der Waals surface area (Å²) in [7, 11) is 0. The number of hydrogen-bond acceptors (Lipinski definition) is 5. The Morgan fingerprint density at radius 3 is 3.05 bits per heavy atom. The van der Waals surface area contributed by atoms with Gasteiger partial charge in [-0.1, -0.05) is 0 Å². The van der Waals surface area contributed by atoms with Gasteiger partial charge in [0, 0.05) is 18.1 Å². The molecule has 0 fully saturated rings. The molecule has 0 N–H and O–H groups in total. The lowest BCUT2D eigenvalue weighted by atomic mass is 10.1. The highest BCUT2D eigenvalue weighted by atomic mass is 16.5. The van der Waals surface area contributed by atoms with Gasteiger partial charge in [-0.3, -0.25) is 4.40 Å². The summed E-state index contributed by atoms with van der Waals surface area (Å²) in [5, 5.41) is 0. The average Bonchev–Trinajstić information content (AvgIpc) is 3.09. The molecule has 0 radical (unpaired) electrons. The van der Waals surface area contributed by atoms with Gasteiger partial charge in [-0.25, -0.2) is 14.8 Å². The fourth-order valence-electron chi connectivity index (χ4n) is 2.13. The monoisotopic (exact) mass is 271 g/mol. The number of rotatable bonds is 3. The molecule has 6 heteroatoms. The molecule has 3 aromatic rings. The highest BCUT2D eigenvalue weighted by Crippen LogP contribution is 2.26. The van der Waals surface area contributed by atoms with Gasteiger partial charge < -0.3 is 9.15 Å². The lowest BCUT2D eigenvalue weighted by Crippen LogP contribution is -2.13. The molecule has 0 amide bonds. The van der Waals surface area contributed by atoms with Crippen LogP contribution in [-0.4, -0.2) is 26.9 Å². The van der Waals surface area contributed by atoms with Crippen molar-refractivity contribution in [1.82, 2.24) is 14.4 Å². The molecule has 0 aliphatic carbocycles. The summed E-state index contributed by atoms with van der Waals surface area (Å²) in [5.41, 5.74) is 1.56. The molecule has 3 rings (SSSR count). The zero-order valence-corrected chi connectivity index (χ0v) is 11.2. The smallest absolute Gasteiger partial charge is 0.342 e. The number of furan rings is 1. The third kappa shape index (κ3) is 1.85. The van der Waals surface area contributed by atoms with E-state index in [9.17, 15) is 4.79 Å². The van der Waals surface area contributed by atoms with E-state index in [2.05, 4.69) is 9.97 Å². The van der Waals surface area contributed by atoms with Gasteiger partial charge in [-0.15, -0.1) is 0 Å². The van der Waals surface area contributed by atoms with Gasteiger partial charge in [0.1, 0.15) is 11.3 Å². The molecule has 0 atom stereocenters. The summed E-state index contributed by atoms with van der Waals surface area (Å²) in [4.78, 5) is 20.8. The molecule has 3 heterocycles. The Balaban J connectivity index is 2.30. The van der Waals surface area contributed by atoms with E-state index in [0.717, 1.165) is 5.69 Å². The zero-order valence-electron chi connectivity index (χ0n) is 11.2. The molecule has 20 heavy (non-hydrogen) atoms. The summed E-state index contributed by atoms with van der Waals surface area (Å²) >= 11 is 0. The van der Waals surface area contributed by atoms with Crippen LogP contribution >= 0.6 is 0 Å². The Bertz CT molecular complexity index is 759. The molecule has 0 saturated carbocycles. The number of esters is 1.